The molecule has 2 fully saturated rings. The van der Waals surface area contributed by atoms with Gasteiger partial charge in [-0.2, -0.15) is 4.98 Å². The Hall–Kier alpha value is -0.940. The molecule has 2 saturated heterocycles. The Bertz CT molecular complexity index is 343. The van der Waals surface area contributed by atoms with Crippen LogP contribution in [0.4, 0.5) is 0 Å². The van der Waals surface area contributed by atoms with E-state index >= 15 is 0 Å². The van der Waals surface area contributed by atoms with Crippen molar-refractivity contribution in [2.24, 2.45) is 0 Å². The molecule has 0 spiro atoms. The van der Waals surface area contributed by atoms with Crippen molar-refractivity contribution in [1.29, 1.82) is 0 Å². The van der Waals surface area contributed by atoms with Crippen LogP contribution in [0.2, 0.25) is 0 Å². The highest BCUT2D eigenvalue weighted by Gasteiger charge is 2.26. The average Bonchev–Trinajstić information content (AvgIpc) is 2.65. The summed E-state index contributed by atoms with van der Waals surface area (Å²) in [5.41, 5.74) is 0. The van der Waals surface area contributed by atoms with Gasteiger partial charge in [0.15, 0.2) is 5.82 Å². The largest absolute Gasteiger partial charge is 0.378 e. The van der Waals surface area contributed by atoms with Gasteiger partial charge in [0, 0.05) is 26.1 Å². The van der Waals surface area contributed by atoms with Gasteiger partial charge in [0.05, 0.1) is 12.0 Å². The van der Waals surface area contributed by atoms with Gasteiger partial charge in [-0.1, -0.05) is 5.16 Å². The van der Waals surface area contributed by atoms with E-state index < -0.39 is 0 Å². The van der Waals surface area contributed by atoms with Crippen LogP contribution in [0, 0.1) is 0 Å². The molecule has 5 heteroatoms. The maximum atomic E-state index is 5.66. The number of nitrogens with zero attached hydrogens (tertiary/aromatic N) is 2. The number of hydrogen-bond acceptors (Lipinski definition) is 5. The van der Waals surface area contributed by atoms with Gasteiger partial charge in [0.2, 0.25) is 5.89 Å². The van der Waals surface area contributed by atoms with Gasteiger partial charge in [-0.3, -0.25) is 0 Å². The van der Waals surface area contributed by atoms with Crippen molar-refractivity contribution in [2.45, 2.75) is 37.7 Å². The van der Waals surface area contributed by atoms with Gasteiger partial charge < -0.3 is 14.6 Å². The third-order valence-electron chi connectivity index (χ3n) is 3.30. The lowest BCUT2D eigenvalue weighted by Gasteiger charge is -2.23. The minimum atomic E-state index is 0.290. The number of hydrogen-bond donors (Lipinski definition) is 1. The van der Waals surface area contributed by atoms with Crippen molar-refractivity contribution in [3.63, 3.8) is 0 Å². The molecule has 0 aromatic carbocycles. The van der Waals surface area contributed by atoms with E-state index in [0.717, 1.165) is 44.3 Å². The topological polar surface area (TPSA) is 60.2 Å². The van der Waals surface area contributed by atoms with E-state index in [1.807, 2.05) is 0 Å². The second-order valence-electron chi connectivity index (χ2n) is 4.60. The minimum absolute atomic E-state index is 0.290. The zero-order chi connectivity index (χ0) is 10.8. The van der Waals surface area contributed by atoms with Crippen molar-refractivity contribution in [3.05, 3.63) is 11.7 Å². The summed E-state index contributed by atoms with van der Waals surface area (Å²) in [5, 5.41) is 7.22. The van der Waals surface area contributed by atoms with E-state index in [2.05, 4.69) is 15.5 Å². The molecule has 5 nitrogen and oxygen atoms in total. The molecule has 3 rings (SSSR count). The van der Waals surface area contributed by atoms with E-state index in [0.29, 0.717) is 12.0 Å². The maximum Gasteiger partial charge on any atom is 0.232 e. The second kappa shape index (κ2) is 4.51. The van der Waals surface area contributed by atoms with Crippen LogP contribution in [0.15, 0.2) is 4.52 Å². The fourth-order valence-corrected chi connectivity index (χ4v) is 2.15. The molecule has 2 aliphatic rings. The molecular formula is C11H17N3O2. The van der Waals surface area contributed by atoms with Crippen molar-refractivity contribution < 1.29 is 9.26 Å². The lowest BCUT2D eigenvalue weighted by atomic mass is 10.0. The average molecular weight is 223 g/mol. The number of ether oxygens (including phenoxy) is 1. The van der Waals surface area contributed by atoms with Crippen LogP contribution in [0.25, 0.3) is 0 Å². The Labute approximate surface area is 94.6 Å². The lowest BCUT2D eigenvalue weighted by molar-refractivity contribution is 0.0153. The Kier molecular flexibility index (Phi) is 2.88. The van der Waals surface area contributed by atoms with Crippen LogP contribution >= 0.6 is 0 Å². The molecule has 2 aliphatic heterocycles. The van der Waals surface area contributed by atoms with E-state index in [9.17, 15) is 0 Å². The fraction of sp³-hybridized carbons (Fsp3) is 0.818. The van der Waals surface area contributed by atoms with Gasteiger partial charge >= 0.3 is 0 Å². The molecule has 0 bridgehead atoms. The molecule has 0 saturated carbocycles. The molecule has 1 aromatic rings. The van der Waals surface area contributed by atoms with Gasteiger partial charge in [-0.05, 0) is 19.3 Å². The van der Waals surface area contributed by atoms with Crippen LogP contribution < -0.4 is 5.32 Å². The first-order chi connectivity index (χ1) is 7.92. The Morgan fingerprint density at radius 2 is 2.25 bits per heavy atom. The monoisotopic (exact) mass is 223 g/mol. The fourth-order valence-electron chi connectivity index (χ4n) is 2.15. The predicted molar refractivity (Wildman–Crippen MR) is 57.2 cm³/mol. The molecule has 88 valence electrons. The molecule has 0 radical (unpaired) electrons. The number of rotatable bonds is 3. The van der Waals surface area contributed by atoms with Crippen LogP contribution in [-0.2, 0) is 11.2 Å². The number of nitrogens with one attached hydrogen (secondary N) is 1. The quantitative estimate of drug-likeness (QED) is 0.823. The third-order valence-corrected chi connectivity index (χ3v) is 3.30. The summed E-state index contributed by atoms with van der Waals surface area (Å²) in [4.78, 5) is 4.43. The van der Waals surface area contributed by atoms with E-state index in [1.54, 1.807) is 0 Å². The standard InChI is InChI=1S/C11H17N3O2/c1-2-4-15-9(3-1)5-10-13-11(16-14-10)8-6-12-7-8/h8-9,12H,1-7H2. The first-order valence-electron chi connectivity index (χ1n) is 6.06. The Balaban J connectivity index is 1.58. The summed E-state index contributed by atoms with van der Waals surface area (Å²) in [5.74, 6) is 2.01. The predicted octanol–water partition coefficient (Wildman–Crippen LogP) is 0.868. The first kappa shape index (κ1) is 10.2. The smallest absolute Gasteiger partial charge is 0.232 e. The summed E-state index contributed by atoms with van der Waals surface area (Å²) in [7, 11) is 0. The highest BCUT2D eigenvalue weighted by molar-refractivity contribution is 5.01. The minimum Gasteiger partial charge on any atom is -0.378 e. The van der Waals surface area contributed by atoms with Crippen LogP contribution in [0.1, 0.15) is 36.9 Å². The summed E-state index contributed by atoms with van der Waals surface area (Å²) in [6.07, 6.45) is 4.64. The highest BCUT2D eigenvalue weighted by atomic mass is 16.5. The molecule has 1 aromatic heterocycles. The SMILES string of the molecule is C1CCC(Cc2noc(C3CNC3)n2)OC1. The highest BCUT2D eigenvalue weighted by Crippen LogP contribution is 2.20. The van der Waals surface area contributed by atoms with Gasteiger partial charge in [-0.25, -0.2) is 0 Å². The molecule has 0 amide bonds. The molecule has 16 heavy (non-hydrogen) atoms. The van der Waals surface area contributed by atoms with Gasteiger partial charge in [0.1, 0.15) is 0 Å². The van der Waals surface area contributed by atoms with E-state index in [4.69, 9.17) is 9.26 Å². The zero-order valence-electron chi connectivity index (χ0n) is 9.32. The van der Waals surface area contributed by atoms with Crippen molar-refractivity contribution >= 4 is 0 Å². The van der Waals surface area contributed by atoms with Crippen molar-refractivity contribution in [3.8, 4) is 0 Å². The van der Waals surface area contributed by atoms with Gasteiger partial charge in [-0.15, -0.1) is 0 Å². The second-order valence-corrected chi connectivity index (χ2v) is 4.60. The molecule has 1 unspecified atom stereocenters. The summed E-state index contributed by atoms with van der Waals surface area (Å²) >= 11 is 0. The normalized spacial score (nSPS) is 26.6. The molecular weight excluding hydrogens is 206 g/mol. The zero-order valence-corrected chi connectivity index (χ0v) is 9.32. The van der Waals surface area contributed by atoms with Gasteiger partial charge in [0.25, 0.3) is 0 Å². The maximum absolute atomic E-state index is 5.66. The Morgan fingerprint density at radius 3 is 2.94 bits per heavy atom. The molecule has 0 aliphatic carbocycles. The lowest BCUT2D eigenvalue weighted by Crippen LogP contribution is -2.40. The van der Waals surface area contributed by atoms with E-state index in [1.165, 1.54) is 12.8 Å². The van der Waals surface area contributed by atoms with Crippen LogP contribution in [0.5, 0.6) is 0 Å². The molecule has 1 N–H and O–H groups in total. The van der Waals surface area contributed by atoms with Crippen molar-refractivity contribution in [2.75, 3.05) is 19.7 Å². The first-order valence-corrected chi connectivity index (χ1v) is 6.06. The van der Waals surface area contributed by atoms with Crippen LogP contribution in [0.3, 0.4) is 0 Å². The summed E-state index contributed by atoms with van der Waals surface area (Å²) in [6, 6.07) is 0. The molecule has 1 atom stereocenters. The van der Waals surface area contributed by atoms with Crippen molar-refractivity contribution in [1.82, 2.24) is 15.5 Å². The summed E-state index contributed by atoms with van der Waals surface area (Å²) < 4.78 is 10.9. The summed E-state index contributed by atoms with van der Waals surface area (Å²) in [6.45, 7) is 2.80. The Morgan fingerprint density at radius 1 is 1.31 bits per heavy atom. The molecule has 3 heterocycles. The third kappa shape index (κ3) is 2.10. The van der Waals surface area contributed by atoms with Crippen LogP contribution in [-0.4, -0.2) is 35.9 Å². The number of aromatic nitrogens is 2. The van der Waals surface area contributed by atoms with E-state index in [-0.39, 0.29) is 0 Å².